The van der Waals surface area contributed by atoms with Gasteiger partial charge in [-0.25, -0.2) is 9.18 Å². The van der Waals surface area contributed by atoms with Crippen LogP contribution in [0.15, 0.2) is 48.5 Å². The largest absolute Gasteiger partial charge is 0.492 e. The lowest BCUT2D eigenvalue weighted by Crippen LogP contribution is -2.36. The summed E-state index contributed by atoms with van der Waals surface area (Å²) in [7, 11) is 0. The molecule has 130 valence electrons. The van der Waals surface area contributed by atoms with E-state index in [2.05, 4.69) is 0 Å². The number of rotatable bonds is 5. The number of aryl methyl sites for hydroxylation is 1. The van der Waals surface area contributed by atoms with Crippen LogP contribution < -0.4 is 9.64 Å². The number of hydrogen-bond acceptors (Lipinski definition) is 3. The number of benzene rings is 2. The second-order valence-electron chi connectivity index (χ2n) is 5.96. The molecule has 1 unspecified atom stereocenters. The first-order chi connectivity index (χ1) is 12.0. The minimum Gasteiger partial charge on any atom is -0.492 e. The fourth-order valence-corrected chi connectivity index (χ4v) is 2.76. The smallest absolute Gasteiger partial charge is 0.332 e. The van der Waals surface area contributed by atoms with E-state index in [1.807, 2.05) is 31.2 Å². The van der Waals surface area contributed by atoms with Crippen molar-refractivity contribution in [1.82, 2.24) is 4.90 Å². The van der Waals surface area contributed by atoms with Crippen molar-refractivity contribution in [1.29, 1.82) is 0 Å². The average molecular weight is 342 g/mol. The van der Waals surface area contributed by atoms with E-state index in [4.69, 9.17) is 4.74 Å². The Morgan fingerprint density at radius 1 is 1.04 bits per heavy atom. The van der Waals surface area contributed by atoms with E-state index in [0.717, 1.165) is 5.56 Å². The summed E-state index contributed by atoms with van der Waals surface area (Å²) in [5, 5.41) is 0. The van der Waals surface area contributed by atoms with Crippen LogP contribution in [0.1, 0.15) is 12.5 Å². The molecule has 3 rings (SSSR count). The van der Waals surface area contributed by atoms with Crippen molar-refractivity contribution in [3.05, 3.63) is 59.9 Å². The quantitative estimate of drug-likeness (QED) is 0.783. The number of amides is 3. The molecule has 1 saturated heterocycles. The van der Waals surface area contributed by atoms with E-state index in [9.17, 15) is 14.0 Å². The second-order valence-corrected chi connectivity index (χ2v) is 5.96. The van der Waals surface area contributed by atoms with Crippen molar-refractivity contribution in [3.8, 4) is 5.75 Å². The van der Waals surface area contributed by atoms with E-state index < -0.39 is 6.04 Å². The standard InChI is InChI=1S/C19H19FN2O3/c1-13-3-7-16(8-4-13)22-14(2)18(23)21(19(22)24)11-12-25-17-9-5-15(20)6-10-17/h3-10,14H,11-12H2,1-2H3. The van der Waals surface area contributed by atoms with Crippen molar-refractivity contribution in [2.45, 2.75) is 19.9 Å². The first-order valence-electron chi connectivity index (χ1n) is 8.07. The third kappa shape index (κ3) is 3.47. The van der Waals surface area contributed by atoms with Crippen LogP contribution in [0, 0.1) is 12.7 Å². The number of anilines is 1. The van der Waals surface area contributed by atoms with Gasteiger partial charge >= 0.3 is 6.03 Å². The number of carbonyl (C=O) groups excluding carboxylic acids is 2. The topological polar surface area (TPSA) is 49.9 Å². The lowest BCUT2D eigenvalue weighted by molar-refractivity contribution is -0.127. The van der Waals surface area contributed by atoms with E-state index in [1.54, 1.807) is 6.92 Å². The molecule has 25 heavy (non-hydrogen) atoms. The molecular weight excluding hydrogens is 323 g/mol. The molecular formula is C19H19FN2O3. The molecule has 0 saturated carbocycles. The van der Waals surface area contributed by atoms with Crippen molar-refractivity contribution in [2.75, 3.05) is 18.1 Å². The van der Waals surface area contributed by atoms with Crippen molar-refractivity contribution >= 4 is 17.6 Å². The van der Waals surface area contributed by atoms with Gasteiger partial charge in [0.1, 0.15) is 24.2 Å². The molecule has 2 aromatic carbocycles. The van der Waals surface area contributed by atoms with Crippen LogP contribution in [0.2, 0.25) is 0 Å². The normalized spacial score (nSPS) is 17.3. The van der Waals surface area contributed by atoms with Crippen molar-refractivity contribution in [3.63, 3.8) is 0 Å². The predicted molar refractivity (Wildman–Crippen MR) is 92.1 cm³/mol. The molecule has 2 aromatic rings. The molecule has 0 bridgehead atoms. The molecule has 1 aliphatic heterocycles. The Kier molecular flexibility index (Phi) is 4.70. The Labute approximate surface area is 145 Å². The lowest BCUT2D eigenvalue weighted by atomic mass is 10.2. The number of nitrogens with zero attached hydrogens (tertiary/aromatic N) is 2. The maximum Gasteiger partial charge on any atom is 0.332 e. The molecule has 5 nitrogen and oxygen atoms in total. The molecule has 6 heteroatoms. The number of carbonyl (C=O) groups is 2. The number of hydrogen-bond donors (Lipinski definition) is 0. The van der Waals surface area contributed by atoms with Gasteiger partial charge in [-0.15, -0.1) is 0 Å². The molecule has 3 amide bonds. The van der Waals surface area contributed by atoms with Gasteiger partial charge in [0, 0.05) is 5.69 Å². The third-order valence-electron chi connectivity index (χ3n) is 4.16. The van der Waals surface area contributed by atoms with E-state index in [0.29, 0.717) is 11.4 Å². The number of halogens is 1. The Hall–Kier alpha value is -2.89. The highest BCUT2D eigenvalue weighted by Crippen LogP contribution is 2.26. The first kappa shape index (κ1) is 17.0. The Morgan fingerprint density at radius 3 is 2.32 bits per heavy atom. The van der Waals surface area contributed by atoms with Crippen molar-refractivity contribution in [2.24, 2.45) is 0 Å². The van der Waals surface area contributed by atoms with Gasteiger partial charge in [-0.3, -0.25) is 14.6 Å². The molecule has 0 spiro atoms. The van der Waals surface area contributed by atoms with Gasteiger partial charge in [0.15, 0.2) is 0 Å². The minimum atomic E-state index is -0.555. The van der Waals surface area contributed by atoms with Gasteiger partial charge in [0.05, 0.1) is 6.54 Å². The summed E-state index contributed by atoms with van der Waals surface area (Å²) in [5.41, 5.74) is 1.78. The second kappa shape index (κ2) is 6.93. The van der Waals surface area contributed by atoms with E-state index in [-0.39, 0.29) is 30.9 Å². The first-order valence-corrected chi connectivity index (χ1v) is 8.07. The SMILES string of the molecule is Cc1ccc(N2C(=O)N(CCOc3ccc(F)cc3)C(=O)C2C)cc1. The fraction of sp³-hybridized carbons (Fsp3) is 0.263. The zero-order chi connectivity index (χ0) is 18.0. The summed E-state index contributed by atoms with van der Waals surface area (Å²) in [6.07, 6.45) is 0. The molecule has 0 aliphatic carbocycles. The highest BCUT2D eigenvalue weighted by molar-refractivity contribution is 6.14. The maximum absolute atomic E-state index is 12.9. The van der Waals surface area contributed by atoms with Gasteiger partial charge in [0.25, 0.3) is 5.91 Å². The van der Waals surface area contributed by atoms with Crippen LogP contribution >= 0.6 is 0 Å². The average Bonchev–Trinajstić information content (AvgIpc) is 2.81. The highest BCUT2D eigenvalue weighted by atomic mass is 19.1. The molecule has 1 atom stereocenters. The van der Waals surface area contributed by atoms with Gasteiger partial charge in [-0.2, -0.15) is 0 Å². The molecule has 1 heterocycles. The van der Waals surface area contributed by atoms with Crippen LogP contribution in [0.25, 0.3) is 0 Å². The van der Waals surface area contributed by atoms with Crippen LogP contribution in [0.5, 0.6) is 5.75 Å². The Balaban J connectivity index is 1.65. The van der Waals surface area contributed by atoms with E-state index >= 15 is 0 Å². The number of imide groups is 1. The molecule has 1 fully saturated rings. The van der Waals surface area contributed by atoms with Gasteiger partial charge < -0.3 is 4.74 Å². The highest BCUT2D eigenvalue weighted by Gasteiger charge is 2.42. The fourth-order valence-electron chi connectivity index (χ4n) is 2.76. The van der Waals surface area contributed by atoms with E-state index in [1.165, 1.54) is 34.1 Å². The zero-order valence-corrected chi connectivity index (χ0v) is 14.1. The van der Waals surface area contributed by atoms with Gasteiger partial charge in [0.2, 0.25) is 0 Å². The maximum atomic E-state index is 12.9. The Morgan fingerprint density at radius 2 is 1.68 bits per heavy atom. The summed E-state index contributed by atoms with van der Waals surface area (Å²) in [6.45, 7) is 3.96. The molecule has 1 aliphatic rings. The Bertz CT molecular complexity index is 774. The summed E-state index contributed by atoms with van der Waals surface area (Å²) in [6, 6.07) is 12.1. The van der Waals surface area contributed by atoms with Crippen molar-refractivity contribution < 1.29 is 18.7 Å². The van der Waals surface area contributed by atoms with Crippen LogP contribution in [0.4, 0.5) is 14.9 Å². The predicted octanol–water partition coefficient (Wildman–Crippen LogP) is 3.37. The van der Waals surface area contributed by atoms with Gasteiger partial charge in [-0.05, 0) is 50.2 Å². The van der Waals surface area contributed by atoms with Crippen LogP contribution in [-0.2, 0) is 4.79 Å². The monoisotopic (exact) mass is 342 g/mol. The van der Waals surface area contributed by atoms with Crippen LogP contribution in [0.3, 0.4) is 0 Å². The number of urea groups is 1. The van der Waals surface area contributed by atoms with Gasteiger partial charge in [-0.1, -0.05) is 17.7 Å². The summed E-state index contributed by atoms with van der Waals surface area (Å²) in [4.78, 5) is 27.7. The lowest BCUT2D eigenvalue weighted by Gasteiger charge is -2.19. The zero-order valence-electron chi connectivity index (χ0n) is 14.1. The summed E-state index contributed by atoms with van der Waals surface area (Å²) >= 11 is 0. The summed E-state index contributed by atoms with van der Waals surface area (Å²) < 4.78 is 18.4. The van der Waals surface area contributed by atoms with Crippen LogP contribution in [-0.4, -0.2) is 36.0 Å². The summed E-state index contributed by atoms with van der Waals surface area (Å²) in [5.74, 6) is -0.114. The third-order valence-corrected chi connectivity index (χ3v) is 4.16. The molecule has 0 aromatic heterocycles. The minimum absolute atomic E-state index is 0.141. The molecule has 0 N–H and O–H groups in total. The number of ether oxygens (including phenoxy) is 1. The molecule has 0 radical (unpaired) electrons.